The van der Waals surface area contributed by atoms with Gasteiger partial charge in [0.25, 0.3) is 5.78 Å². The third-order valence-electron chi connectivity index (χ3n) is 6.57. The van der Waals surface area contributed by atoms with Gasteiger partial charge in [0, 0.05) is 6.07 Å². The van der Waals surface area contributed by atoms with Crippen LogP contribution in [-0.2, 0) is 9.59 Å². The van der Waals surface area contributed by atoms with Gasteiger partial charge in [0.15, 0.2) is 0 Å². The van der Waals surface area contributed by atoms with E-state index in [0.29, 0.717) is 41.3 Å². The van der Waals surface area contributed by atoms with Gasteiger partial charge in [-0.25, -0.2) is 9.78 Å². The number of hydrogen-bond donors (Lipinski definition) is 3. The number of aromatic nitrogens is 2. The first-order valence-electron chi connectivity index (χ1n) is 12.7. The Morgan fingerprint density at radius 1 is 1.00 bits per heavy atom. The van der Waals surface area contributed by atoms with Crippen molar-refractivity contribution < 1.29 is 34.1 Å². The third kappa shape index (κ3) is 4.64. The summed E-state index contributed by atoms with van der Waals surface area (Å²) in [5.41, 5.74) is 2.40. The van der Waals surface area contributed by atoms with Gasteiger partial charge >= 0.3 is 11.9 Å². The maximum Gasteiger partial charge on any atom is 0.335 e. The normalized spacial score (nSPS) is 16.5. The molecule has 0 saturated carbocycles. The number of ketones is 1. The van der Waals surface area contributed by atoms with E-state index in [-0.39, 0.29) is 22.6 Å². The van der Waals surface area contributed by atoms with Gasteiger partial charge in [-0.1, -0.05) is 29.8 Å². The fraction of sp³-hybridized carbons (Fsp3) is 0.200. The largest absolute Gasteiger partial charge is 0.507 e. The molecule has 2 heterocycles. The summed E-state index contributed by atoms with van der Waals surface area (Å²) in [5, 5.41) is 21.0. The zero-order chi connectivity index (χ0) is 28.6. The molecule has 1 unspecified atom stereocenters. The van der Waals surface area contributed by atoms with Crippen molar-refractivity contribution in [3.05, 3.63) is 88.5 Å². The molecule has 10 heteroatoms. The number of nitrogens with one attached hydrogen (secondary N) is 1. The van der Waals surface area contributed by atoms with Crippen LogP contribution in [0.15, 0.2) is 66.2 Å². The van der Waals surface area contributed by atoms with Crippen LogP contribution in [0, 0.1) is 6.92 Å². The van der Waals surface area contributed by atoms with Crippen LogP contribution in [0.1, 0.15) is 46.9 Å². The third-order valence-corrected chi connectivity index (χ3v) is 6.57. The van der Waals surface area contributed by atoms with Crippen molar-refractivity contribution in [1.29, 1.82) is 0 Å². The fourth-order valence-electron chi connectivity index (χ4n) is 4.82. The first kappa shape index (κ1) is 26.5. The summed E-state index contributed by atoms with van der Waals surface area (Å²) in [6.07, 6.45) is 0. The van der Waals surface area contributed by atoms with E-state index in [2.05, 4.69) is 9.97 Å². The first-order valence-corrected chi connectivity index (χ1v) is 12.7. The number of carboxylic acids is 1. The van der Waals surface area contributed by atoms with Crippen molar-refractivity contribution in [3.8, 4) is 11.5 Å². The molecule has 1 fully saturated rings. The Hall–Kier alpha value is -5.12. The van der Waals surface area contributed by atoms with Crippen molar-refractivity contribution in [2.45, 2.75) is 26.8 Å². The lowest BCUT2D eigenvalue weighted by molar-refractivity contribution is -0.132. The second kappa shape index (κ2) is 10.6. The van der Waals surface area contributed by atoms with Crippen LogP contribution >= 0.6 is 0 Å². The molecule has 1 aromatic heterocycles. The van der Waals surface area contributed by atoms with Crippen molar-refractivity contribution in [2.75, 3.05) is 18.1 Å². The summed E-state index contributed by atoms with van der Waals surface area (Å²) in [4.78, 5) is 47.2. The molecular formula is C30H27N3O7. The number of aryl methyl sites for hydroxylation is 1. The maximum absolute atomic E-state index is 13.6. The van der Waals surface area contributed by atoms with Crippen LogP contribution in [0.4, 0.5) is 5.95 Å². The number of aliphatic hydroxyl groups is 1. The summed E-state index contributed by atoms with van der Waals surface area (Å²) in [6, 6.07) is 15.4. The number of aromatic amines is 1. The highest BCUT2D eigenvalue weighted by Gasteiger charge is 2.48. The molecule has 0 bridgehead atoms. The summed E-state index contributed by atoms with van der Waals surface area (Å²) in [5.74, 6) is -2.43. The van der Waals surface area contributed by atoms with Crippen LogP contribution in [0.2, 0.25) is 0 Å². The molecule has 3 N–H and O–H groups in total. The molecule has 40 heavy (non-hydrogen) atoms. The van der Waals surface area contributed by atoms with Crippen LogP contribution in [0.5, 0.6) is 11.5 Å². The van der Waals surface area contributed by atoms with Gasteiger partial charge in [0.2, 0.25) is 5.95 Å². The van der Waals surface area contributed by atoms with Gasteiger partial charge in [0.05, 0.1) is 47.0 Å². The van der Waals surface area contributed by atoms with Crippen LogP contribution in [-0.4, -0.2) is 51.1 Å². The van der Waals surface area contributed by atoms with Crippen LogP contribution in [0.25, 0.3) is 16.8 Å². The van der Waals surface area contributed by atoms with Crippen molar-refractivity contribution in [1.82, 2.24) is 9.97 Å². The number of H-pyrrole nitrogens is 1. The molecule has 5 rings (SSSR count). The van der Waals surface area contributed by atoms with Gasteiger partial charge in [-0.15, -0.1) is 0 Å². The number of carbonyl (C=O) groups is 3. The fourth-order valence-corrected chi connectivity index (χ4v) is 4.82. The van der Waals surface area contributed by atoms with E-state index in [9.17, 15) is 24.6 Å². The number of benzene rings is 3. The molecule has 0 radical (unpaired) electrons. The number of aliphatic hydroxyl groups excluding tert-OH is 1. The zero-order valence-corrected chi connectivity index (χ0v) is 22.1. The molecule has 1 saturated heterocycles. The molecule has 0 aliphatic carbocycles. The lowest BCUT2D eigenvalue weighted by Gasteiger charge is -2.23. The number of aromatic carboxylic acids is 1. The second-order valence-corrected chi connectivity index (χ2v) is 9.20. The number of fused-ring (bicyclic) bond motifs is 1. The number of carbonyl (C=O) groups excluding carboxylic acids is 2. The van der Waals surface area contributed by atoms with Gasteiger partial charge in [-0.2, -0.15) is 0 Å². The standard InChI is InChI=1S/C30H27N3O7/c1-4-39-19-10-11-20(23(15-19)40-5-2)26(34)24-25(17-8-6-7-16(3)13-17)33(28(36)27(24)35)30-31-21-12-9-18(29(37)38)14-22(21)32-30/h6-15,25,34H,4-5H2,1-3H3,(H,31,32)(H,37,38)/b26-24+. The number of anilines is 1. The van der Waals surface area contributed by atoms with E-state index in [1.54, 1.807) is 37.3 Å². The molecule has 204 valence electrons. The average molecular weight is 542 g/mol. The quantitative estimate of drug-likeness (QED) is 0.161. The van der Waals surface area contributed by atoms with Gasteiger partial charge < -0.3 is 24.7 Å². The average Bonchev–Trinajstić information content (AvgIpc) is 3.46. The predicted octanol–water partition coefficient (Wildman–Crippen LogP) is 4.99. The highest BCUT2D eigenvalue weighted by atomic mass is 16.5. The van der Waals surface area contributed by atoms with E-state index < -0.39 is 29.5 Å². The summed E-state index contributed by atoms with van der Waals surface area (Å²) in [7, 11) is 0. The number of Topliss-reactive ketones (excluding diaryl/α,β-unsaturated/α-hetero) is 1. The van der Waals surface area contributed by atoms with E-state index in [1.165, 1.54) is 23.1 Å². The van der Waals surface area contributed by atoms with Gasteiger partial charge in [-0.3, -0.25) is 14.5 Å². The smallest absolute Gasteiger partial charge is 0.335 e. The number of imidazole rings is 1. The second-order valence-electron chi connectivity index (χ2n) is 9.20. The highest BCUT2D eigenvalue weighted by molar-refractivity contribution is 6.51. The molecule has 1 aliphatic heterocycles. The number of amides is 1. The molecule has 0 spiro atoms. The Balaban J connectivity index is 1.72. The van der Waals surface area contributed by atoms with Crippen LogP contribution in [0.3, 0.4) is 0 Å². The van der Waals surface area contributed by atoms with Gasteiger partial charge in [0.1, 0.15) is 17.3 Å². The number of ether oxygens (including phenoxy) is 2. The topological polar surface area (TPSA) is 142 Å². The zero-order valence-electron chi connectivity index (χ0n) is 22.1. The van der Waals surface area contributed by atoms with E-state index in [4.69, 9.17) is 9.47 Å². The maximum atomic E-state index is 13.6. The Morgan fingerprint density at radius 3 is 2.48 bits per heavy atom. The molecule has 1 aliphatic rings. The number of carboxylic acid groups (broad SMARTS) is 1. The lowest BCUT2D eigenvalue weighted by Crippen LogP contribution is -2.30. The number of rotatable bonds is 8. The molecule has 10 nitrogen and oxygen atoms in total. The van der Waals surface area contributed by atoms with Crippen molar-refractivity contribution >= 4 is 40.4 Å². The van der Waals surface area contributed by atoms with Crippen molar-refractivity contribution in [3.63, 3.8) is 0 Å². The minimum absolute atomic E-state index is 0.0407. The van der Waals surface area contributed by atoms with Gasteiger partial charge in [-0.05, 0) is 56.7 Å². The Morgan fingerprint density at radius 2 is 1.77 bits per heavy atom. The highest BCUT2D eigenvalue weighted by Crippen LogP contribution is 2.43. The monoisotopic (exact) mass is 541 g/mol. The molecule has 4 aromatic rings. The SMILES string of the molecule is CCOc1ccc(/C(O)=C2\C(=O)C(=O)N(c3nc4ccc(C(=O)O)cc4[nH]3)C2c2cccc(C)c2)c(OCC)c1. The Labute approximate surface area is 229 Å². The predicted molar refractivity (Wildman–Crippen MR) is 148 cm³/mol. The summed E-state index contributed by atoms with van der Waals surface area (Å²) < 4.78 is 11.3. The minimum Gasteiger partial charge on any atom is -0.507 e. The Kier molecular flexibility index (Phi) is 7.00. The Bertz CT molecular complexity index is 1690. The molecule has 1 atom stereocenters. The van der Waals surface area contributed by atoms with E-state index >= 15 is 0 Å². The molecular weight excluding hydrogens is 514 g/mol. The van der Waals surface area contributed by atoms with Crippen LogP contribution < -0.4 is 14.4 Å². The summed E-state index contributed by atoms with van der Waals surface area (Å²) in [6.45, 7) is 6.24. The first-order chi connectivity index (χ1) is 19.2. The molecule has 1 amide bonds. The van der Waals surface area contributed by atoms with E-state index in [1.807, 2.05) is 26.0 Å². The lowest BCUT2D eigenvalue weighted by atomic mass is 9.94. The van der Waals surface area contributed by atoms with Crippen molar-refractivity contribution in [2.24, 2.45) is 0 Å². The minimum atomic E-state index is -1.11. The number of hydrogen-bond acceptors (Lipinski definition) is 7. The number of nitrogens with zero attached hydrogens (tertiary/aromatic N) is 2. The molecule has 3 aromatic carbocycles. The van der Waals surface area contributed by atoms with E-state index in [0.717, 1.165) is 5.56 Å². The summed E-state index contributed by atoms with van der Waals surface area (Å²) >= 11 is 0.